The van der Waals surface area contributed by atoms with Gasteiger partial charge in [-0.25, -0.2) is 9.97 Å². The van der Waals surface area contributed by atoms with E-state index in [1.54, 1.807) is 12.3 Å². The van der Waals surface area contributed by atoms with Crippen LogP contribution in [-0.4, -0.2) is 20.9 Å². The van der Waals surface area contributed by atoms with E-state index in [0.717, 1.165) is 34.4 Å². The molecule has 1 amide bonds. The lowest BCUT2D eigenvalue weighted by Crippen LogP contribution is -2.14. The number of carbonyl (C=O) groups excluding carboxylic acids is 1. The second-order valence-electron chi connectivity index (χ2n) is 4.99. The van der Waals surface area contributed by atoms with Gasteiger partial charge in [-0.15, -0.1) is 0 Å². The van der Waals surface area contributed by atoms with Crippen molar-refractivity contribution in [3.05, 3.63) is 58.9 Å². The Labute approximate surface area is 136 Å². The van der Waals surface area contributed by atoms with Crippen molar-refractivity contribution in [1.82, 2.24) is 15.0 Å². The molecule has 0 aromatic carbocycles. The summed E-state index contributed by atoms with van der Waals surface area (Å²) in [4.78, 5) is 24.5. The van der Waals surface area contributed by atoms with Gasteiger partial charge in [-0.2, -0.15) is 4.39 Å². The number of thiazole rings is 1. The van der Waals surface area contributed by atoms with Gasteiger partial charge in [-0.1, -0.05) is 11.3 Å². The fourth-order valence-corrected chi connectivity index (χ4v) is 2.69. The Bertz CT molecular complexity index is 878. The van der Waals surface area contributed by atoms with Crippen molar-refractivity contribution in [3.63, 3.8) is 0 Å². The molecule has 0 unspecified atom stereocenters. The summed E-state index contributed by atoms with van der Waals surface area (Å²) in [5, 5.41) is 2.30. The average molecular weight is 328 g/mol. The van der Waals surface area contributed by atoms with Gasteiger partial charge in [0.1, 0.15) is 5.69 Å². The first-order valence-corrected chi connectivity index (χ1v) is 7.67. The number of carbonyl (C=O) groups is 1. The maximum Gasteiger partial charge on any atom is 0.276 e. The monoisotopic (exact) mass is 328 g/mol. The first kappa shape index (κ1) is 15.2. The Morgan fingerprint density at radius 3 is 2.61 bits per heavy atom. The Morgan fingerprint density at radius 1 is 1.13 bits per heavy atom. The highest BCUT2D eigenvalue weighted by molar-refractivity contribution is 7.14. The summed E-state index contributed by atoms with van der Waals surface area (Å²) in [5.41, 5.74) is 3.69. The number of hydrogen-bond acceptors (Lipinski definition) is 5. The number of hydrogen-bond donors (Lipinski definition) is 1. The van der Waals surface area contributed by atoms with E-state index >= 15 is 0 Å². The molecule has 7 heteroatoms. The fraction of sp³-hybridized carbons (Fsp3) is 0.125. The van der Waals surface area contributed by atoms with Crippen molar-refractivity contribution < 1.29 is 9.18 Å². The molecule has 0 fully saturated rings. The third-order valence-corrected chi connectivity index (χ3v) is 3.82. The first-order valence-electron chi connectivity index (χ1n) is 6.85. The third-order valence-electron chi connectivity index (χ3n) is 3.11. The number of aryl methyl sites for hydroxylation is 2. The summed E-state index contributed by atoms with van der Waals surface area (Å²) in [6.45, 7) is 3.72. The Balaban J connectivity index is 1.92. The molecule has 0 saturated carbocycles. The van der Waals surface area contributed by atoms with E-state index in [1.807, 2.05) is 32.0 Å². The Kier molecular flexibility index (Phi) is 4.12. The van der Waals surface area contributed by atoms with Crippen LogP contribution in [0.5, 0.6) is 0 Å². The number of anilines is 1. The van der Waals surface area contributed by atoms with Gasteiger partial charge in [0.2, 0.25) is 0 Å². The molecule has 116 valence electrons. The maximum absolute atomic E-state index is 13.0. The van der Waals surface area contributed by atoms with Crippen molar-refractivity contribution in [2.75, 3.05) is 5.32 Å². The molecule has 1 N–H and O–H groups in total. The van der Waals surface area contributed by atoms with Gasteiger partial charge in [0, 0.05) is 17.6 Å². The highest BCUT2D eigenvalue weighted by Gasteiger charge is 2.13. The van der Waals surface area contributed by atoms with Crippen LogP contribution in [0, 0.1) is 19.0 Å². The topological polar surface area (TPSA) is 67.8 Å². The zero-order chi connectivity index (χ0) is 16.4. The van der Waals surface area contributed by atoms with Crippen LogP contribution >= 0.6 is 11.3 Å². The SMILES string of the molecule is Cc1cc(-c2cc(C)nc(C(=O)Nc3ncc(F)s3)c2)ccn1. The summed E-state index contributed by atoms with van der Waals surface area (Å²) in [5.74, 6) is -0.421. The number of nitrogens with zero attached hydrogens (tertiary/aromatic N) is 3. The molecular formula is C16H13FN4OS. The van der Waals surface area contributed by atoms with Crippen LogP contribution in [0.3, 0.4) is 0 Å². The van der Waals surface area contributed by atoms with Gasteiger partial charge in [0.25, 0.3) is 5.91 Å². The van der Waals surface area contributed by atoms with Crippen molar-refractivity contribution >= 4 is 22.4 Å². The maximum atomic E-state index is 13.0. The van der Waals surface area contributed by atoms with Crippen LogP contribution in [-0.2, 0) is 0 Å². The van der Waals surface area contributed by atoms with Gasteiger partial charge in [-0.3, -0.25) is 15.1 Å². The molecular weight excluding hydrogens is 315 g/mol. The number of halogens is 1. The molecule has 0 bridgehead atoms. The highest BCUT2D eigenvalue weighted by atomic mass is 32.1. The lowest BCUT2D eigenvalue weighted by Gasteiger charge is -2.07. The standard InChI is InChI=1S/C16H13FN4OS/c1-9-5-11(3-4-18-9)12-6-10(2)20-13(7-12)15(22)21-16-19-8-14(17)23-16/h3-8H,1-2H3,(H,19,21,22). The largest absolute Gasteiger partial charge is 0.296 e. The molecule has 0 aliphatic heterocycles. The van der Waals surface area contributed by atoms with Crippen LogP contribution in [0.4, 0.5) is 9.52 Å². The molecule has 23 heavy (non-hydrogen) atoms. The van der Waals surface area contributed by atoms with Gasteiger partial charge in [0.05, 0.1) is 6.20 Å². The van der Waals surface area contributed by atoms with Gasteiger partial charge >= 0.3 is 0 Å². The van der Waals surface area contributed by atoms with Crippen LogP contribution < -0.4 is 5.32 Å². The van der Waals surface area contributed by atoms with Gasteiger partial charge in [0.15, 0.2) is 10.3 Å². The molecule has 0 radical (unpaired) electrons. The van der Waals surface area contributed by atoms with E-state index in [4.69, 9.17) is 0 Å². The molecule has 0 saturated heterocycles. The van der Waals surface area contributed by atoms with Crippen LogP contribution in [0.15, 0.2) is 36.7 Å². The molecule has 3 rings (SSSR count). The van der Waals surface area contributed by atoms with E-state index in [0.29, 0.717) is 5.69 Å². The molecule has 3 aromatic heterocycles. The Morgan fingerprint density at radius 2 is 1.91 bits per heavy atom. The highest BCUT2D eigenvalue weighted by Crippen LogP contribution is 2.22. The first-order chi connectivity index (χ1) is 11.0. The van der Waals surface area contributed by atoms with E-state index in [9.17, 15) is 9.18 Å². The van der Waals surface area contributed by atoms with E-state index in [1.165, 1.54) is 0 Å². The number of rotatable bonds is 3. The van der Waals surface area contributed by atoms with Gasteiger partial charge in [-0.05, 0) is 49.2 Å². The third kappa shape index (κ3) is 3.57. The van der Waals surface area contributed by atoms with E-state index in [-0.39, 0.29) is 10.8 Å². The van der Waals surface area contributed by atoms with Crippen LogP contribution in [0.2, 0.25) is 0 Å². The predicted octanol–water partition coefficient (Wildman–Crippen LogP) is 3.61. The van der Waals surface area contributed by atoms with Crippen molar-refractivity contribution in [2.24, 2.45) is 0 Å². The molecule has 0 spiro atoms. The van der Waals surface area contributed by atoms with Crippen LogP contribution in [0.25, 0.3) is 11.1 Å². The Hall–Kier alpha value is -2.67. The normalized spacial score (nSPS) is 10.6. The molecule has 0 atom stereocenters. The number of aromatic nitrogens is 3. The number of pyridine rings is 2. The number of amides is 1. The molecule has 5 nitrogen and oxygen atoms in total. The summed E-state index contributed by atoms with van der Waals surface area (Å²) in [6, 6.07) is 7.40. The molecule has 0 aliphatic carbocycles. The summed E-state index contributed by atoms with van der Waals surface area (Å²) >= 11 is 0.772. The van der Waals surface area contributed by atoms with Crippen LogP contribution in [0.1, 0.15) is 21.9 Å². The summed E-state index contributed by atoms with van der Waals surface area (Å²) in [6.07, 6.45) is 2.79. The molecule has 3 heterocycles. The van der Waals surface area contributed by atoms with Gasteiger partial charge < -0.3 is 0 Å². The summed E-state index contributed by atoms with van der Waals surface area (Å²) < 4.78 is 13.0. The average Bonchev–Trinajstić information content (AvgIpc) is 2.91. The summed E-state index contributed by atoms with van der Waals surface area (Å²) in [7, 11) is 0. The van der Waals surface area contributed by atoms with E-state index in [2.05, 4.69) is 20.3 Å². The zero-order valence-electron chi connectivity index (χ0n) is 12.5. The minimum Gasteiger partial charge on any atom is -0.296 e. The van der Waals surface area contributed by atoms with Crippen molar-refractivity contribution in [1.29, 1.82) is 0 Å². The second kappa shape index (κ2) is 6.21. The fourth-order valence-electron chi connectivity index (χ4n) is 2.15. The molecule has 3 aromatic rings. The lowest BCUT2D eigenvalue weighted by molar-refractivity contribution is 0.102. The predicted molar refractivity (Wildman–Crippen MR) is 87.0 cm³/mol. The van der Waals surface area contributed by atoms with Crippen molar-refractivity contribution in [2.45, 2.75) is 13.8 Å². The molecule has 0 aliphatic rings. The minimum absolute atomic E-state index is 0.206. The number of nitrogens with one attached hydrogen (secondary N) is 1. The second-order valence-corrected chi connectivity index (χ2v) is 5.97. The lowest BCUT2D eigenvalue weighted by atomic mass is 10.1. The van der Waals surface area contributed by atoms with Crippen molar-refractivity contribution in [3.8, 4) is 11.1 Å². The van der Waals surface area contributed by atoms with E-state index < -0.39 is 11.0 Å². The minimum atomic E-state index is -0.453. The smallest absolute Gasteiger partial charge is 0.276 e. The quantitative estimate of drug-likeness (QED) is 0.797. The zero-order valence-corrected chi connectivity index (χ0v) is 13.3.